The van der Waals surface area contributed by atoms with Gasteiger partial charge >= 0.3 is 36.0 Å². The summed E-state index contributed by atoms with van der Waals surface area (Å²) in [5.41, 5.74) is -4.58. The molecule has 0 amide bonds. The summed E-state index contributed by atoms with van der Waals surface area (Å²) in [6, 6.07) is 5.92. The molecule has 2 heterocycles. The first kappa shape index (κ1) is 37.8. The monoisotopic (exact) mass is 708 g/mol. The zero-order valence-electron chi connectivity index (χ0n) is 26.0. The SMILES string of the molecule is COC(=O)C(Cc1cn([C@@H]2O[C@H](COC(C)=O)[C@@H](OC(C)=O)[C@H](OC(C)=O)[C@H]2OC(C)=O)nn1)(NS(=O)(=O)c1ccccc1)C(F)(F)F. The third-order valence-corrected chi connectivity index (χ3v) is 8.12. The summed E-state index contributed by atoms with van der Waals surface area (Å²) in [6.07, 6.45) is -14.3. The van der Waals surface area contributed by atoms with Crippen LogP contribution >= 0.6 is 0 Å². The number of aromatic nitrogens is 3. The lowest BCUT2D eigenvalue weighted by molar-refractivity contribution is -0.270. The van der Waals surface area contributed by atoms with Crippen molar-refractivity contribution in [3.8, 4) is 0 Å². The average Bonchev–Trinajstić information content (AvgIpc) is 3.44. The number of carbonyl (C=O) groups excluding carboxylic acids is 5. The Morgan fingerprint density at radius 2 is 1.46 bits per heavy atom. The highest BCUT2D eigenvalue weighted by atomic mass is 32.2. The molecular formula is C27H31F3N4O13S. The van der Waals surface area contributed by atoms with Gasteiger partial charge in [-0.3, -0.25) is 19.2 Å². The van der Waals surface area contributed by atoms with Crippen molar-refractivity contribution in [3.05, 3.63) is 42.2 Å². The third kappa shape index (κ3) is 8.83. The summed E-state index contributed by atoms with van der Waals surface area (Å²) in [5, 5.41) is 7.38. The van der Waals surface area contributed by atoms with E-state index in [2.05, 4.69) is 15.0 Å². The molecule has 0 spiro atoms. The van der Waals surface area contributed by atoms with Crippen LogP contribution in [0.2, 0.25) is 0 Å². The normalized spacial score (nSPS) is 22.5. The Morgan fingerprint density at radius 3 is 1.98 bits per heavy atom. The van der Waals surface area contributed by atoms with Crippen molar-refractivity contribution in [2.45, 2.75) is 81.4 Å². The lowest BCUT2D eigenvalue weighted by atomic mass is 9.94. The van der Waals surface area contributed by atoms with Crippen LogP contribution in [0.3, 0.4) is 0 Å². The molecule has 264 valence electrons. The minimum Gasteiger partial charge on any atom is -0.467 e. The van der Waals surface area contributed by atoms with E-state index in [1.165, 1.54) is 22.9 Å². The smallest absolute Gasteiger partial charge is 0.418 e. The highest BCUT2D eigenvalue weighted by Gasteiger charge is 2.64. The number of esters is 5. The van der Waals surface area contributed by atoms with Crippen molar-refractivity contribution in [1.29, 1.82) is 0 Å². The molecular weight excluding hydrogens is 677 g/mol. The number of benzene rings is 1. The average molecular weight is 709 g/mol. The summed E-state index contributed by atoms with van der Waals surface area (Å²) in [5.74, 6) is -5.64. The summed E-state index contributed by atoms with van der Waals surface area (Å²) >= 11 is 0. The number of methoxy groups -OCH3 is 1. The molecule has 1 aliphatic rings. The van der Waals surface area contributed by atoms with Gasteiger partial charge in [0.2, 0.25) is 15.6 Å². The minimum absolute atomic E-state index is 0.594. The van der Waals surface area contributed by atoms with E-state index in [-0.39, 0.29) is 0 Å². The van der Waals surface area contributed by atoms with Gasteiger partial charge in [-0.05, 0) is 12.1 Å². The van der Waals surface area contributed by atoms with Crippen LogP contribution in [0, 0.1) is 0 Å². The van der Waals surface area contributed by atoms with Crippen LogP contribution in [-0.4, -0.2) is 103 Å². The number of halogens is 3. The summed E-state index contributed by atoms with van der Waals surface area (Å²) < 4.78 is 104. The maximum atomic E-state index is 14.7. The van der Waals surface area contributed by atoms with E-state index < -0.39 is 106 Å². The number of hydrogen-bond acceptors (Lipinski definition) is 15. The van der Waals surface area contributed by atoms with E-state index >= 15 is 0 Å². The van der Waals surface area contributed by atoms with Gasteiger partial charge in [-0.1, -0.05) is 23.4 Å². The van der Waals surface area contributed by atoms with Crippen LogP contribution in [0.5, 0.6) is 0 Å². The lowest BCUT2D eigenvalue weighted by Crippen LogP contribution is -2.65. The molecule has 1 unspecified atom stereocenters. The molecule has 21 heteroatoms. The van der Waals surface area contributed by atoms with Gasteiger partial charge in [-0.25, -0.2) is 17.9 Å². The second-order valence-corrected chi connectivity index (χ2v) is 12.0. The second kappa shape index (κ2) is 15.1. The fourth-order valence-corrected chi connectivity index (χ4v) is 6.06. The summed E-state index contributed by atoms with van der Waals surface area (Å²) in [4.78, 5) is 59.9. The van der Waals surface area contributed by atoms with Crippen LogP contribution in [0.25, 0.3) is 0 Å². The molecule has 17 nitrogen and oxygen atoms in total. The van der Waals surface area contributed by atoms with E-state index in [1.54, 1.807) is 0 Å². The van der Waals surface area contributed by atoms with Gasteiger partial charge in [-0.15, -0.1) is 5.10 Å². The van der Waals surface area contributed by atoms with Gasteiger partial charge in [-0.2, -0.15) is 17.9 Å². The highest BCUT2D eigenvalue weighted by molar-refractivity contribution is 7.89. The molecule has 3 rings (SSSR count). The molecule has 2 aromatic rings. The zero-order chi connectivity index (χ0) is 36.0. The lowest BCUT2D eigenvalue weighted by Gasteiger charge is -2.44. The van der Waals surface area contributed by atoms with E-state index in [0.29, 0.717) is 7.11 Å². The van der Waals surface area contributed by atoms with Crippen molar-refractivity contribution in [2.24, 2.45) is 0 Å². The number of ether oxygens (including phenoxy) is 6. The Hall–Kier alpha value is -4.63. The number of sulfonamides is 1. The number of hydrogen-bond donors (Lipinski definition) is 1. The van der Waals surface area contributed by atoms with Gasteiger partial charge in [0.05, 0.1) is 23.9 Å². The molecule has 1 N–H and O–H groups in total. The molecule has 0 saturated carbocycles. The second-order valence-electron chi connectivity index (χ2n) is 10.3. The molecule has 0 radical (unpaired) electrons. The molecule has 6 atom stereocenters. The molecule has 1 aromatic heterocycles. The van der Waals surface area contributed by atoms with E-state index in [0.717, 1.165) is 50.7 Å². The fraction of sp³-hybridized carbons (Fsp3) is 0.519. The van der Waals surface area contributed by atoms with Crippen molar-refractivity contribution in [1.82, 2.24) is 19.7 Å². The summed E-state index contributed by atoms with van der Waals surface area (Å²) in [7, 11) is -4.39. The maximum absolute atomic E-state index is 14.7. The van der Waals surface area contributed by atoms with Gasteiger partial charge in [0, 0.05) is 34.1 Å². The predicted molar refractivity (Wildman–Crippen MR) is 148 cm³/mol. The topological polar surface area (TPSA) is 218 Å². The Kier molecular flexibility index (Phi) is 11.9. The van der Waals surface area contributed by atoms with Gasteiger partial charge in [0.25, 0.3) is 0 Å². The van der Waals surface area contributed by atoms with Gasteiger partial charge < -0.3 is 28.4 Å². The molecule has 0 aliphatic carbocycles. The summed E-state index contributed by atoms with van der Waals surface area (Å²) in [6.45, 7) is 3.39. The van der Waals surface area contributed by atoms with E-state index in [1.807, 2.05) is 0 Å². The standard InChI is InChI=1S/C27H31F3N4O13S/c1-14(35)43-13-20-21(44-15(2)36)22(45-16(3)37)23(46-17(4)38)24(47-20)34-12-18(31-33-34)11-26(25(39)42-5,27(28,29)30)32-48(40,41)19-9-7-6-8-10-19/h6-10,12,20-24,32H,11,13H2,1-5H3/t20-,21-,22+,23-,24-,26?/m1/s1. The van der Waals surface area contributed by atoms with Crippen LogP contribution in [0.4, 0.5) is 13.2 Å². The first-order valence-corrected chi connectivity index (χ1v) is 15.2. The molecule has 1 aromatic carbocycles. The largest absolute Gasteiger partial charge is 0.467 e. The van der Waals surface area contributed by atoms with Crippen molar-refractivity contribution in [3.63, 3.8) is 0 Å². The third-order valence-electron chi connectivity index (χ3n) is 6.61. The molecule has 1 fully saturated rings. The van der Waals surface area contributed by atoms with Crippen LogP contribution in [-0.2, 0) is 68.8 Å². The predicted octanol–water partition coefficient (Wildman–Crippen LogP) is 0.529. The van der Waals surface area contributed by atoms with Gasteiger partial charge in [0.1, 0.15) is 12.7 Å². The van der Waals surface area contributed by atoms with E-state index in [9.17, 15) is 45.6 Å². The van der Waals surface area contributed by atoms with Crippen LogP contribution < -0.4 is 4.72 Å². The molecule has 1 aliphatic heterocycles. The Bertz CT molecular complexity index is 1620. The first-order chi connectivity index (χ1) is 22.3. The number of rotatable bonds is 12. The quantitative estimate of drug-likeness (QED) is 0.235. The van der Waals surface area contributed by atoms with Crippen molar-refractivity contribution in [2.75, 3.05) is 13.7 Å². The number of alkyl halides is 3. The highest BCUT2D eigenvalue weighted by Crippen LogP contribution is 2.37. The number of carbonyl (C=O) groups is 5. The zero-order valence-corrected chi connectivity index (χ0v) is 26.8. The Labute approximate surface area is 271 Å². The molecule has 1 saturated heterocycles. The Morgan fingerprint density at radius 1 is 0.896 bits per heavy atom. The minimum atomic E-state index is -5.61. The molecule has 0 bridgehead atoms. The van der Waals surface area contributed by atoms with Crippen LogP contribution in [0.1, 0.15) is 39.6 Å². The van der Waals surface area contributed by atoms with E-state index in [4.69, 9.17) is 23.7 Å². The van der Waals surface area contributed by atoms with Crippen molar-refractivity contribution >= 4 is 39.9 Å². The van der Waals surface area contributed by atoms with Gasteiger partial charge in [0.15, 0.2) is 24.5 Å². The van der Waals surface area contributed by atoms with Crippen LogP contribution in [0.15, 0.2) is 41.4 Å². The fourth-order valence-electron chi connectivity index (χ4n) is 4.69. The van der Waals surface area contributed by atoms with Crippen molar-refractivity contribution < 1.29 is 74.0 Å². The molecule has 48 heavy (non-hydrogen) atoms. The maximum Gasteiger partial charge on any atom is 0.418 e. The number of nitrogens with zero attached hydrogens (tertiary/aromatic N) is 3. The Balaban J connectivity index is 2.13. The first-order valence-electron chi connectivity index (χ1n) is 13.8. The number of nitrogens with one attached hydrogen (secondary N) is 1.